The summed E-state index contributed by atoms with van der Waals surface area (Å²) in [4.78, 5) is 8.40. The highest BCUT2D eigenvalue weighted by atomic mass is 15.4. The number of anilines is 2. The predicted octanol–water partition coefficient (Wildman–Crippen LogP) is 1.62. The molecule has 18 heavy (non-hydrogen) atoms. The first kappa shape index (κ1) is 12.3. The van der Waals surface area contributed by atoms with Crippen LogP contribution in [-0.2, 0) is 0 Å². The second-order valence-electron chi connectivity index (χ2n) is 4.67. The van der Waals surface area contributed by atoms with Gasteiger partial charge in [0.05, 0.1) is 0 Å². The topological polar surface area (TPSA) is 81.7 Å². The first-order valence-electron chi connectivity index (χ1n) is 5.95. The van der Waals surface area contributed by atoms with Crippen molar-refractivity contribution in [3.8, 4) is 5.82 Å². The van der Waals surface area contributed by atoms with Crippen molar-refractivity contribution < 1.29 is 0 Å². The fraction of sp³-hybridized carbons (Fsp3) is 0.417. The molecule has 0 aliphatic heterocycles. The molecule has 0 unspecified atom stereocenters. The lowest BCUT2D eigenvalue weighted by molar-refractivity contribution is 0.684. The van der Waals surface area contributed by atoms with Crippen LogP contribution in [0.3, 0.4) is 0 Å². The van der Waals surface area contributed by atoms with E-state index in [0.717, 1.165) is 12.1 Å². The molecule has 0 aromatic carbocycles. The Morgan fingerprint density at radius 2 is 2.22 bits per heavy atom. The highest BCUT2D eigenvalue weighted by Gasteiger charge is 2.09. The van der Waals surface area contributed by atoms with E-state index >= 15 is 0 Å². The molecular formula is C12H18N6. The van der Waals surface area contributed by atoms with Crippen molar-refractivity contribution in [1.82, 2.24) is 19.7 Å². The molecule has 2 heterocycles. The average Bonchev–Trinajstić information content (AvgIpc) is 2.68. The fourth-order valence-electron chi connectivity index (χ4n) is 1.50. The Hall–Kier alpha value is -2.11. The number of nitrogens with one attached hydrogen (secondary N) is 1. The SMILES string of the molecule is Cc1ccnc(-n2nc(NCC(C)C)nc2N)c1. The smallest absolute Gasteiger partial charge is 0.244 e. The van der Waals surface area contributed by atoms with Gasteiger partial charge in [-0.15, -0.1) is 5.10 Å². The maximum atomic E-state index is 5.84. The molecule has 0 bridgehead atoms. The van der Waals surface area contributed by atoms with Crippen LogP contribution in [0, 0.1) is 12.8 Å². The summed E-state index contributed by atoms with van der Waals surface area (Å²) in [5, 5.41) is 7.44. The minimum atomic E-state index is 0.333. The molecule has 0 atom stereocenters. The maximum Gasteiger partial charge on any atom is 0.244 e. The van der Waals surface area contributed by atoms with Gasteiger partial charge in [-0.3, -0.25) is 0 Å². The van der Waals surface area contributed by atoms with Crippen LogP contribution < -0.4 is 11.1 Å². The monoisotopic (exact) mass is 246 g/mol. The minimum absolute atomic E-state index is 0.333. The number of pyridine rings is 1. The van der Waals surface area contributed by atoms with E-state index in [1.165, 1.54) is 4.68 Å². The lowest BCUT2D eigenvalue weighted by Gasteiger charge is -2.04. The summed E-state index contributed by atoms with van der Waals surface area (Å²) in [6.07, 6.45) is 1.73. The van der Waals surface area contributed by atoms with Gasteiger partial charge in [-0.1, -0.05) is 13.8 Å². The van der Waals surface area contributed by atoms with Gasteiger partial charge < -0.3 is 11.1 Å². The third-order valence-corrected chi connectivity index (χ3v) is 2.42. The van der Waals surface area contributed by atoms with E-state index in [0.29, 0.717) is 23.6 Å². The van der Waals surface area contributed by atoms with E-state index in [1.807, 2.05) is 19.1 Å². The van der Waals surface area contributed by atoms with Crippen LogP contribution in [0.25, 0.3) is 5.82 Å². The van der Waals surface area contributed by atoms with Crippen molar-refractivity contribution in [2.24, 2.45) is 5.92 Å². The molecule has 0 saturated heterocycles. The molecule has 0 spiro atoms. The number of nitrogens with two attached hydrogens (primary N) is 1. The van der Waals surface area contributed by atoms with E-state index in [9.17, 15) is 0 Å². The molecular weight excluding hydrogens is 228 g/mol. The zero-order valence-corrected chi connectivity index (χ0v) is 10.9. The van der Waals surface area contributed by atoms with Crippen LogP contribution in [0.4, 0.5) is 11.9 Å². The Balaban J connectivity index is 2.24. The molecule has 2 aromatic heterocycles. The second-order valence-corrected chi connectivity index (χ2v) is 4.67. The fourth-order valence-corrected chi connectivity index (χ4v) is 1.50. The Labute approximate surface area is 106 Å². The lowest BCUT2D eigenvalue weighted by atomic mass is 10.2. The summed E-state index contributed by atoms with van der Waals surface area (Å²) >= 11 is 0. The van der Waals surface area contributed by atoms with Gasteiger partial charge >= 0.3 is 0 Å². The number of hydrogen-bond donors (Lipinski definition) is 2. The van der Waals surface area contributed by atoms with Crippen LogP contribution in [0.15, 0.2) is 18.3 Å². The van der Waals surface area contributed by atoms with Crippen molar-refractivity contribution in [1.29, 1.82) is 0 Å². The molecule has 0 saturated carbocycles. The predicted molar refractivity (Wildman–Crippen MR) is 71.6 cm³/mol. The number of hydrogen-bond acceptors (Lipinski definition) is 5. The summed E-state index contributed by atoms with van der Waals surface area (Å²) in [6, 6.07) is 3.84. The molecule has 6 nitrogen and oxygen atoms in total. The summed E-state index contributed by atoms with van der Waals surface area (Å²) < 4.78 is 1.54. The summed E-state index contributed by atoms with van der Waals surface area (Å²) in [5.74, 6) is 2.07. The number of aryl methyl sites for hydroxylation is 1. The zero-order chi connectivity index (χ0) is 13.1. The Morgan fingerprint density at radius 1 is 1.44 bits per heavy atom. The Morgan fingerprint density at radius 3 is 2.89 bits per heavy atom. The molecule has 2 rings (SSSR count). The number of rotatable bonds is 4. The molecule has 0 aliphatic rings. The van der Waals surface area contributed by atoms with E-state index in [-0.39, 0.29) is 0 Å². The van der Waals surface area contributed by atoms with E-state index in [2.05, 4.69) is 34.2 Å². The maximum absolute atomic E-state index is 5.84. The van der Waals surface area contributed by atoms with Crippen molar-refractivity contribution in [3.05, 3.63) is 23.9 Å². The quantitative estimate of drug-likeness (QED) is 0.856. The van der Waals surface area contributed by atoms with Crippen LogP contribution in [0.1, 0.15) is 19.4 Å². The molecule has 0 aliphatic carbocycles. The standard InChI is InChI=1S/C12H18N6/c1-8(2)7-15-12-16-11(13)18(17-12)10-6-9(3)4-5-14-10/h4-6,8H,7H2,1-3H3,(H3,13,15,16,17). The van der Waals surface area contributed by atoms with Crippen LogP contribution in [0.5, 0.6) is 0 Å². The minimum Gasteiger partial charge on any atom is -0.368 e. The summed E-state index contributed by atoms with van der Waals surface area (Å²) in [5.41, 5.74) is 6.94. The number of nitrogen functional groups attached to an aromatic ring is 1. The van der Waals surface area contributed by atoms with Crippen molar-refractivity contribution >= 4 is 11.9 Å². The van der Waals surface area contributed by atoms with Gasteiger partial charge in [-0.25, -0.2) is 4.98 Å². The third-order valence-electron chi connectivity index (χ3n) is 2.42. The number of aromatic nitrogens is 4. The van der Waals surface area contributed by atoms with Gasteiger partial charge in [0.25, 0.3) is 0 Å². The number of nitrogens with zero attached hydrogens (tertiary/aromatic N) is 4. The second kappa shape index (κ2) is 5.03. The summed E-state index contributed by atoms with van der Waals surface area (Å²) in [6.45, 7) is 7.05. The molecule has 2 aromatic rings. The molecule has 6 heteroatoms. The van der Waals surface area contributed by atoms with Crippen molar-refractivity contribution in [2.45, 2.75) is 20.8 Å². The van der Waals surface area contributed by atoms with Crippen molar-refractivity contribution in [3.63, 3.8) is 0 Å². The molecule has 96 valence electrons. The van der Waals surface area contributed by atoms with Gasteiger partial charge in [0.1, 0.15) is 0 Å². The largest absolute Gasteiger partial charge is 0.368 e. The zero-order valence-electron chi connectivity index (χ0n) is 10.9. The Kier molecular flexibility index (Phi) is 3.45. The van der Waals surface area contributed by atoms with Gasteiger partial charge in [-0.05, 0) is 30.5 Å². The van der Waals surface area contributed by atoms with E-state index in [1.54, 1.807) is 6.20 Å². The molecule has 0 fully saturated rings. The highest BCUT2D eigenvalue weighted by molar-refractivity contribution is 5.39. The van der Waals surface area contributed by atoms with Gasteiger partial charge in [0.15, 0.2) is 5.82 Å². The van der Waals surface area contributed by atoms with Gasteiger partial charge in [0, 0.05) is 12.7 Å². The third kappa shape index (κ3) is 2.77. The van der Waals surface area contributed by atoms with Crippen LogP contribution >= 0.6 is 0 Å². The van der Waals surface area contributed by atoms with E-state index < -0.39 is 0 Å². The Bertz CT molecular complexity index is 531. The van der Waals surface area contributed by atoms with Crippen LogP contribution in [-0.4, -0.2) is 26.3 Å². The highest BCUT2D eigenvalue weighted by Crippen LogP contribution is 2.12. The van der Waals surface area contributed by atoms with Crippen molar-refractivity contribution in [2.75, 3.05) is 17.6 Å². The van der Waals surface area contributed by atoms with Crippen LogP contribution in [0.2, 0.25) is 0 Å². The summed E-state index contributed by atoms with van der Waals surface area (Å²) in [7, 11) is 0. The molecule has 0 radical (unpaired) electrons. The lowest BCUT2D eigenvalue weighted by Crippen LogP contribution is -2.09. The van der Waals surface area contributed by atoms with E-state index in [4.69, 9.17) is 5.73 Å². The normalized spacial score (nSPS) is 10.9. The first-order valence-corrected chi connectivity index (χ1v) is 5.95. The molecule has 3 N–H and O–H groups in total. The average molecular weight is 246 g/mol. The van der Waals surface area contributed by atoms with Gasteiger partial charge in [0.2, 0.25) is 11.9 Å². The molecule has 0 amide bonds. The first-order chi connectivity index (χ1) is 8.56. The van der Waals surface area contributed by atoms with Gasteiger partial charge in [-0.2, -0.15) is 9.67 Å².